The standard InChI is InChI=1S/C14H33N3O/c1-12(2)9-17(8-7-16(5)6)10-14(11-18)15-13(3)4/h12-15,18H,7-11H2,1-6H3. The molecule has 0 fully saturated rings. The molecule has 110 valence electrons. The summed E-state index contributed by atoms with van der Waals surface area (Å²) in [5, 5.41) is 12.9. The van der Waals surface area contributed by atoms with E-state index in [1.165, 1.54) is 0 Å². The molecule has 0 spiro atoms. The largest absolute Gasteiger partial charge is 0.395 e. The number of likely N-dealkylation sites (N-methyl/N-ethyl adjacent to an activating group) is 1. The van der Waals surface area contributed by atoms with Gasteiger partial charge in [-0.1, -0.05) is 27.7 Å². The number of aliphatic hydroxyl groups excluding tert-OH is 1. The van der Waals surface area contributed by atoms with Gasteiger partial charge in [-0.15, -0.1) is 0 Å². The van der Waals surface area contributed by atoms with Gasteiger partial charge in [-0.25, -0.2) is 0 Å². The number of aliphatic hydroxyl groups is 1. The minimum atomic E-state index is 0.172. The van der Waals surface area contributed by atoms with E-state index in [0.29, 0.717) is 12.0 Å². The van der Waals surface area contributed by atoms with E-state index in [0.717, 1.165) is 26.2 Å². The molecule has 4 nitrogen and oxygen atoms in total. The summed E-state index contributed by atoms with van der Waals surface area (Å²) in [6.07, 6.45) is 0. The van der Waals surface area contributed by atoms with Crippen LogP contribution < -0.4 is 5.32 Å². The van der Waals surface area contributed by atoms with Gasteiger partial charge in [0, 0.05) is 38.3 Å². The second-order valence-corrected chi connectivity index (χ2v) is 6.16. The van der Waals surface area contributed by atoms with Crippen LogP contribution in [0.25, 0.3) is 0 Å². The molecule has 0 aromatic rings. The molecule has 18 heavy (non-hydrogen) atoms. The molecule has 0 saturated carbocycles. The maximum absolute atomic E-state index is 9.44. The van der Waals surface area contributed by atoms with E-state index in [1.807, 2.05) is 0 Å². The van der Waals surface area contributed by atoms with Crippen LogP contribution in [-0.2, 0) is 0 Å². The van der Waals surface area contributed by atoms with Crippen molar-refractivity contribution < 1.29 is 5.11 Å². The van der Waals surface area contributed by atoms with Crippen LogP contribution in [0.5, 0.6) is 0 Å². The van der Waals surface area contributed by atoms with Gasteiger partial charge < -0.3 is 20.2 Å². The average Bonchev–Trinajstić information content (AvgIpc) is 2.23. The predicted octanol–water partition coefficient (Wildman–Crippen LogP) is 0.865. The lowest BCUT2D eigenvalue weighted by molar-refractivity contribution is 0.157. The summed E-state index contributed by atoms with van der Waals surface area (Å²) in [5.41, 5.74) is 0. The monoisotopic (exact) mass is 259 g/mol. The Bertz CT molecular complexity index is 195. The van der Waals surface area contributed by atoms with Crippen molar-refractivity contribution in [1.29, 1.82) is 0 Å². The molecule has 0 aliphatic carbocycles. The summed E-state index contributed by atoms with van der Waals surface area (Å²) in [5.74, 6) is 0.658. The smallest absolute Gasteiger partial charge is 0.0597 e. The van der Waals surface area contributed by atoms with E-state index >= 15 is 0 Å². The topological polar surface area (TPSA) is 38.7 Å². The third-order valence-electron chi connectivity index (χ3n) is 2.75. The first-order chi connectivity index (χ1) is 8.35. The van der Waals surface area contributed by atoms with Crippen LogP contribution in [0.1, 0.15) is 27.7 Å². The lowest BCUT2D eigenvalue weighted by Gasteiger charge is -2.30. The van der Waals surface area contributed by atoms with Crippen LogP contribution in [-0.4, -0.2) is 73.9 Å². The van der Waals surface area contributed by atoms with Gasteiger partial charge in [0.2, 0.25) is 0 Å². The fraction of sp³-hybridized carbons (Fsp3) is 1.00. The zero-order valence-electron chi connectivity index (χ0n) is 13.1. The van der Waals surface area contributed by atoms with E-state index in [-0.39, 0.29) is 12.6 Å². The van der Waals surface area contributed by atoms with Crippen molar-refractivity contribution in [3.05, 3.63) is 0 Å². The maximum atomic E-state index is 9.44. The Labute approximate surface area is 113 Å². The first-order valence-electron chi connectivity index (χ1n) is 7.09. The molecule has 0 saturated heterocycles. The highest BCUT2D eigenvalue weighted by Crippen LogP contribution is 2.01. The Kier molecular flexibility index (Phi) is 9.64. The molecule has 2 N–H and O–H groups in total. The van der Waals surface area contributed by atoms with Crippen LogP contribution in [0.15, 0.2) is 0 Å². The zero-order chi connectivity index (χ0) is 14.1. The molecule has 1 atom stereocenters. The second kappa shape index (κ2) is 9.73. The molecule has 0 aromatic carbocycles. The number of rotatable bonds is 10. The number of nitrogens with one attached hydrogen (secondary N) is 1. The first kappa shape index (κ1) is 17.8. The van der Waals surface area contributed by atoms with Gasteiger partial charge in [-0.2, -0.15) is 0 Å². The average molecular weight is 259 g/mol. The van der Waals surface area contributed by atoms with Gasteiger partial charge in [-0.3, -0.25) is 0 Å². The van der Waals surface area contributed by atoms with Crippen LogP contribution in [0.2, 0.25) is 0 Å². The van der Waals surface area contributed by atoms with Crippen molar-refractivity contribution in [3.8, 4) is 0 Å². The molecule has 0 amide bonds. The minimum Gasteiger partial charge on any atom is -0.395 e. The van der Waals surface area contributed by atoms with Gasteiger partial charge in [-0.05, 0) is 20.0 Å². The SMILES string of the molecule is CC(C)CN(CCN(C)C)CC(CO)NC(C)C. The summed E-state index contributed by atoms with van der Waals surface area (Å²) in [7, 11) is 4.20. The van der Waals surface area contributed by atoms with Crippen LogP contribution in [0.3, 0.4) is 0 Å². The molecule has 1 unspecified atom stereocenters. The Morgan fingerprint density at radius 3 is 2.00 bits per heavy atom. The molecule has 0 aliphatic heterocycles. The molecule has 4 heteroatoms. The zero-order valence-corrected chi connectivity index (χ0v) is 13.1. The van der Waals surface area contributed by atoms with Crippen molar-refractivity contribution in [1.82, 2.24) is 15.1 Å². The summed E-state index contributed by atoms with van der Waals surface area (Å²) in [6, 6.07) is 0.586. The van der Waals surface area contributed by atoms with Gasteiger partial charge in [0.1, 0.15) is 0 Å². The molecule has 0 radical (unpaired) electrons. The normalized spacial score (nSPS) is 14.2. The van der Waals surface area contributed by atoms with Gasteiger partial charge in [0.15, 0.2) is 0 Å². The van der Waals surface area contributed by atoms with E-state index in [2.05, 4.69) is 56.9 Å². The summed E-state index contributed by atoms with van der Waals surface area (Å²) >= 11 is 0. The van der Waals surface area contributed by atoms with Crippen molar-refractivity contribution in [2.24, 2.45) is 5.92 Å². The van der Waals surface area contributed by atoms with Gasteiger partial charge in [0.05, 0.1) is 6.61 Å². The maximum Gasteiger partial charge on any atom is 0.0597 e. The highest BCUT2D eigenvalue weighted by Gasteiger charge is 2.15. The Balaban J connectivity index is 4.25. The quantitative estimate of drug-likeness (QED) is 0.610. The van der Waals surface area contributed by atoms with E-state index in [1.54, 1.807) is 0 Å². The van der Waals surface area contributed by atoms with Crippen LogP contribution in [0.4, 0.5) is 0 Å². The Hall–Kier alpha value is -0.160. The predicted molar refractivity (Wildman–Crippen MR) is 79.0 cm³/mol. The van der Waals surface area contributed by atoms with Gasteiger partial charge in [0.25, 0.3) is 0 Å². The number of hydrogen-bond acceptors (Lipinski definition) is 4. The van der Waals surface area contributed by atoms with Crippen LogP contribution in [0, 0.1) is 5.92 Å². The van der Waals surface area contributed by atoms with Crippen molar-refractivity contribution in [2.45, 2.75) is 39.8 Å². The third kappa shape index (κ3) is 9.83. The van der Waals surface area contributed by atoms with Gasteiger partial charge >= 0.3 is 0 Å². The highest BCUT2D eigenvalue weighted by atomic mass is 16.3. The molecular formula is C14H33N3O. The fourth-order valence-corrected chi connectivity index (χ4v) is 2.06. The summed E-state index contributed by atoms with van der Waals surface area (Å²) < 4.78 is 0. The second-order valence-electron chi connectivity index (χ2n) is 6.16. The van der Waals surface area contributed by atoms with E-state index in [4.69, 9.17) is 0 Å². The number of hydrogen-bond donors (Lipinski definition) is 2. The Morgan fingerprint density at radius 2 is 1.61 bits per heavy atom. The summed E-state index contributed by atoms with van der Waals surface area (Å²) in [4.78, 5) is 4.65. The molecule has 0 rings (SSSR count). The lowest BCUT2D eigenvalue weighted by Crippen LogP contribution is -2.48. The summed E-state index contributed by atoms with van der Waals surface area (Å²) in [6.45, 7) is 13.1. The van der Waals surface area contributed by atoms with Crippen molar-refractivity contribution >= 4 is 0 Å². The molecule has 0 aromatic heterocycles. The third-order valence-corrected chi connectivity index (χ3v) is 2.75. The molecule has 0 aliphatic rings. The first-order valence-corrected chi connectivity index (χ1v) is 7.09. The molecule has 0 heterocycles. The fourth-order valence-electron chi connectivity index (χ4n) is 2.06. The Morgan fingerprint density at radius 1 is 1.00 bits per heavy atom. The number of nitrogens with zero attached hydrogens (tertiary/aromatic N) is 2. The van der Waals surface area contributed by atoms with Crippen molar-refractivity contribution in [2.75, 3.05) is 46.9 Å². The molecular weight excluding hydrogens is 226 g/mol. The highest BCUT2D eigenvalue weighted by molar-refractivity contribution is 4.74. The molecule has 0 bridgehead atoms. The van der Waals surface area contributed by atoms with E-state index < -0.39 is 0 Å². The minimum absolute atomic E-state index is 0.172. The van der Waals surface area contributed by atoms with Crippen molar-refractivity contribution in [3.63, 3.8) is 0 Å². The van der Waals surface area contributed by atoms with Crippen LogP contribution >= 0.6 is 0 Å². The lowest BCUT2D eigenvalue weighted by atomic mass is 10.1. The van der Waals surface area contributed by atoms with E-state index in [9.17, 15) is 5.11 Å².